The van der Waals surface area contributed by atoms with Gasteiger partial charge < -0.3 is 10.6 Å². The molecule has 2 fully saturated rings. The summed E-state index contributed by atoms with van der Waals surface area (Å²) in [5, 5.41) is 0. The molecule has 2 N–H and O–H groups in total. The molecule has 1 aromatic carbocycles. The molecule has 0 unspecified atom stereocenters. The lowest BCUT2D eigenvalue weighted by atomic mass is 9.63. The summed E-state index contributed by atoms with van der Waals surface area (Å²) in [5.74, 6) is 1.68. The molecule has 1 aliphatic carbocycles. The first-order valence-electron chi connectivity index (χ1n) is 8.40. The molecule has 0 aromatic heterocycles. The lowest BCUT2D eigenvalue weighted by molar-refractivity contribution is -0.0377. The Kier molecular flexibility index (Phi) is 4.23. The van der Waals surface area contributed by atoms with Crippen molar-refractivity contribution in [3.05, 3.63) is 30.3 Å². The molecule has 0 spiro atoms. The van der Waals surface area contributed by atoms with Crippen LogP contribution in [0.1, 0.15) is 26.7 Å². The summed E-state index contributed by atoms with van der Waals surface area (Å²) in [6, 6.07) is 10.8. The monoisotopic (exact) mass is 287 g/mol. The fraction of sp³-hybridized carbons (Fsp3) is 0.667. The van der Waals surface area contributed by atoms with Gasteiger partial charge in [-0.2, -0.15) is 0 Å². The van der Waals surface area contributed by atoms with E-state index in [9.17, 15) is 0 Å². The van der Waals surface area contributed by atoms with Crippen LogP contribution in [0.3, 0.4) is 0 Å². The average molecular weight is 287 g/mol. The zero-order valence-electron chi connectivity index (χ0n) is 13.5. The predicted molar refractivity (Wildman–Crippen MR) is 89.6 cm³/mol. The number of hydrogen-bond donors (Lipinski definition) is 1. The molecule has 1 aromatic rings. The van der Waals surface area contributed by atoms with Gasteiger partial charge in [0, 0.05) is 44.0 Å². The third-order valence-corrected chi connectivity index (χ3v) is 5.68. The lowest BCUT2D eigenvalue weighted by Gasteiger charge is -2.57. The maximum Gasteiger partial charge on any atom is 0.0367 e. The van der Waals surface area contributed by atoms with E-state index in [-0.39, 0.29) is 0 Å². The lowest BCUT2D eigenvalue weighted by Crippen LogP contribution is -2.66. The van der Waals surface area contributed by atoms with Crippen molar-refractivity contribution in [2.45, 2.75) is 32.2 Å². The number of piperazine rings is 1. The molecule has 3 heteroatoms. The Morgan fingerprint density at radius 3 is 2.24 bits per heavy atom. The second-order valence-corrected chi connectivity index (χ2v) is 7.15. The molecule has 116 valence electrons. The summed E-state index contributed by atoms with van der Waals surface area (Å²) < 4.78 is 0. The highest BCUT2D eigenvalue weighted by Crippen LogP contribution is 2.45. The summed E-state index contributed by atoms with van der Waals surface area (Å²) in [5.41, 5.74) is 7.81. The molecule has 3 rings (SSSR count). The van der Waals surface area contributed by atoms with Gasteiger partial charge in [0.15, 0.2) is 0 Å². The minimum Gasteiger partial charge on any atom is -0.369 e. The summed E-state index contributed by atoms with van der Waals surface area (Å²) in [7, 11) is 0. The van der Waals surface area contributed by atoms with E-state index in [1.54, 1.807) is 0 Å². The molecular formula is C18H29N3. The van der Waals surface area contributed by atoms with Crippen LogP contribution in [0, 0.1) is 11.8 Å². The van der Waals surface area contributed by atoms with Crippen molar-refractivity contribution in [3.63, 3.8) is 0 Å². The minimum absolute atomic E-state index is 0.303. The third kappa shape index (κ3) is 2.82. The predicted octanol–water partition coefficient (Wildman–Crippen LogP) is 2.57. The van der Waals surface area contributed by atoms with Gasteiger partial charge in [0.2, 0.25) is 0 Å². The first-order valence-corrected chi connectivity index (χ1v) is 8.40. The van der Waals surface area contributed by atoms with Gasteiger partial charge in [-0.15, -0.1) is 0 Å². The second kappa shape index (κ2) is 5.98. The molecule has 1 aliphatic heterocycles. The number of rotatable bonds is 4. The normalized spacial score (nSPS) is 30.5. The Labute approximate surface area is 129 Å². The van der Waals surface area contributed by atoms with E-state index >= 15 is 0 Å². The van der Waals surface area contributed by atoms with Gasteiger partial charge in [0.25, 0.3) is 0 Å². The van der Waals surface area contributed by atoms with Crippen molar-refractivity contribution in [1.82, 2.24) is 4.90 Å². The largest absolute Gasteiger partial charge is 0.369 e. The van der Waals surface area contributed by atoms with Crippen molar-refractivity contribution in [2.75, 3.05) is 37.6 Å². The number of hydrogen-bond acceptors (Lipinski definition) is 3. The molecule has 1 saturated carbocycles. The summed E-state index contributed by atoms with van der Waals surface area (Å²) in [6.45, 7) is 10.1. The number of anilines is 1. The highest BCUT2D eigenvalue weighted by atomic mass is 15.3. The highest BCUT2D eigenvalue weighted by Gasteiger charge is 2.48. The van der Waals surface area contributed by atoms with Crippen LogP contribution >= 0.6 is 0 Å². The van der Waals surface area contributed by atoms with E-state index in [1.807, 2.05) is 0 Å². The third-order valence-electron chi connectivity index (χ3n) is 5.68. The fourth-order valence-electron chi connectivity index (χ4n) is 4.02. The van der Waals surface area contributed by atoms with Crippen LogP contribution in [0.25, 0.3) is 0 Å². The van der Waals surface area contributed by atoms with Gasteiger partial charge >= 0.3 is 0 Å². The van der Waals surface area contributed by atoms with E-state index in [4.69, 9.17) is 5.73 Å². The molecule has 21 heavy (non-hydrogen) atoms. The van der Waals surface area contributed by atoms with E-state index in [0.717, 1.165) is 44.6 Å². The van der Waals surface area contributed by atoms with Crippen molar-refractivity contribution in [3.8, 4) is 0 Å². The van der Waals surface area contributed by atoms with E-state index in [2.05, 4.69) is 54.0 Å². The first-order chi connectivity index (χ1) is 10.1. The van der Waals surface area contributed by atoms with Gasteiger partial charge in [-0.3, -0.25) is 4.90 Å². The number of benzene rings is 1. The van der Waals surface area contributed by atoms with Crippen LogP contribution in [0.4, 0.5) is 5.69 Å². The van der Waals surface area contributed by atoms with Gasteiger partial charge in [-0.25, -0.2) is 0 Å². The average Bonchev–Trinajstić information content (AvgIpc) is 2.48. The first kappa shape index (κ1) is 14.9. The Bertz CT molecular complexity index is 443. The number of nitrogens with two attached hydrogens (primary N) is 1. The van der Waals surface area contributed by atoms with E-state index < -0.39 is 0 Å². The van der Waals surface area contributed by atoms with E-state index in [0.29, 0.717) is 5.54 Å². The van der Waals surface area contributed by atoms with Gasteiger partial charge in [0.05, 0.1) is 0 Å². The molecule has 1 heterocycles. The highest BCUT2D eigenvalue weighted by molar-refractivity contribution is 5.46. The number of para-hydroxylation sites is 1. The van der Waals surface area contributed by atoms with Crippen LogP contribution in [-0.2, 0) is 0 Å². The second-order valence-electron chi connectivity index (χ2n) is 7.15. The van der Waals surface area contributed by atoms with Crippen LogP contribution in [-0.4, -0.2) is 43.2 Å². The molecule has 0 amide bonds. The minimum atomic E-state index is 0.303. The summed E-state index contributed by atoms with van der Waals surface area (Å²) in [6.07, 6.45) is 2.60. The quantitative estimate of drug-likeness (QED) is 0.924. The summed E-state index contributed by atoms with van der Waals surface area (Å²) >= 11 is 0. The van der Waals surface area contributed by atoms with Crippen molar-refractivity contribution in [1.29, 1.82) is 0 Å². The molecule has 0 radical (unpaired) electrons. The Morgan fingerprint density at radius 1 is 1.10 bits per heavy atom. The van der Waals surface area contributed by atoms with Crippen LogP contribution < -0.4 is 10.6 Å². The maximum atomic E-state index is 6.15. The fourth-order valence-corrected chi connectivity index (χ4v) is 4.02. The van der Waals surface area contributed by atoms with E-state index in [1.165, 1.54) is 18.5 Å². The Balaban J connectivity index is 1.58. The Hall–Kier alpha value is -1.06. The zero-order chi connectivity index (χ0) is 14.9. The molecule has 0 bridgehead atoms. The number of nitrogens with zero attached hydrogens (tertiary/aromatic N) is 2. The molecule has 2 aliphatic rings. The van der Waals surface area contributed by atoms with Crippen LogP contribution in [0.15, 0.2) is 30.3 Å². The summed E-state index contributed by atoms with van der Waals surface area (Å²) in [4.78, 5) is 5.17. The maximum absolute atomic E-state index is 6.15. The molecule has 1 saturated heterocycles. The molecular weight excluding hydrogens is 258 g/mol. The van der Waals surface area contributed by atoms with Gasteiger partial charge in [-0.1, -0.05) is 32.0 Å². The Morgan fingerprint density at radius 2 is 1.71 bits per heavy atom. The topological polar surface area (TPSA) is 32.5 Å². The van der Waals surface area contributed by atoms with Gasteiger partial charge in [0.1, 0.15) is 0 Å². The van der Waals surface area contributed by atoms with Crippen molar-refractivity contribution >= 4 is 5.69 Å². The standard InChI is InChI=1S/C18H29N3/c1-15(2)16-12-18(13-16,14-19)21-10-8-20(9-11-21)17-6-4-3-5-7-17/h3-7,15-16H,8-14,19H2,1-2H3. The zero-order valence-corrected chi connectivity index (χ0v) is 13.5. The SMILES string of the molecule is CC(C)C1CC(CN)(N2CCN(c3ccccc3)CC2)C1. The van der Waals surface area contributed by atoms with Gasteiger partial charge in [-0.05, 0) is 36.8 Å². The van der Waals surface area contributed by atoms with Crippen molar-refractivity contribution in [2.24, 2.45) is 17.6 Å². The smallest absolute Gasteiger partial charge is 0.0367 e. The van der Waals surface area contributed by atoms with Crippen LogP contribution in [0.5, 0.6) is 0 Å². The molecule has 0 atom stereocenters. The molecule has 3 nitrogen and oxygen atoms in total. The van der Waals surface area contributed by atoms with Crippen LogP contribution in [0.2, 0.25) is 0 Å². The van der Waals surface area contributed by atoms with Crippen molar-refractivity contribution < 1.29 is 0 Å².